The van der Waals surface area contributed by atoms with Gasteiger partial charge in [0, 0.05) is 0 Å². The van der Waals surface area contributed by atoms with Gasteiger partial charge in [0.05, 0.1) is 0 Å². The molecule has 0 saturated carbocycles. The average Bonchev–Trinajstić information content (AvgIpc) is 3.22. The van der Waals surface area contributed by atoms with Gasteiger partial charge in [-0.05, 0) is 0 Å². The first kappa shape index (κ1) is 69.9. The van der Waals surface area contributed by atoms with Gasteiger partial charge in [-0.2, -0.15) is 0 Å². The summed E-state index contributed by atoms with van der Waals surface area (Å²) in [5.41, 5.74) is 11.3. The van der Waals surface area contributed by atoms with Crippen molar-refractivity contribution in [1.29, 1.82) is 0 Å². The van der Waals surface area contributed by atoms with Crippen molar-refractivity contribution in [3.05, 3.63) is 57.2 Å². The van der Waals surface area contributed by atoms with Gasteiger partial charge in [-0.1, -0.05) is 0 Å². The fourth-order valence-electron chi connectivity index (χ4n) is 13.8. The summed E-state index contributed by atoms with van der Waals surface area (Å²) >= 11 is 2.88. The van der Waals surface area contributed by atoms with E-state index in [4.69, 9.17) is 0 Å². The van der Waals surface area contributed by atoms with Crippen LogP contribution < -0.4 is 99.5 Å². The third kappa shape index (κ3) is 12.2. The van der Waals surface area contributed by atoms with Crippen LogP contribution in [0.3, 0.4) is 0 Å². The summed E-state index contributed by atoms with van der Waals surface area (Å²) in [7, 11) is -21.1. The molecule has 3 aromatic rings. The van der Waals surface area contributed by atoms with Crippen LogP contribution in [0.25, 0.3) is 0 Å². The standard InChI is InChI=1S/C57H105Si10.3ClH.Ti/c1-38-35-45(52(61(17,18)19)55(64(26,27)28)48(38)58(8,9)10)67(51-43(6)41(4)42(5)44(51)7,46-36-39(2)49(59(11,12)13)56(65(29,30)31)53(46)62(20,21)22)47-37-40(3)50(60(14,15)16)57(66(32,33)34)54(47)63(23,24)25;;;;/h35-37H,1-34H3;3*1H;/q;;;;+3/p-3. The van der Waals surface area contributed by atoms with Crippen LogP contribution in [0.15, 0.2) is 40.5 Å². The number of hydrogen-bond acceptors (Lipinski definition) is 0. The van der Waals surface area contributed by atoms with E-state index in [9.17, 15) is 0 Å². The van der Waals surface area contributed by atoms with Gasteiger partial charge >= 0.3 is 449 Å². The Hall–Kier alpha value is 0.893. The second-order valence-electron chi connectivity index (χ2n) is 31.3. The molecule has 0 spiro atoms. The first-order valence-corrected chi connectivity index (χ1v) is 60.8. The molecule has 0 fully saturated rings. The zero-order valence-corrected chi connectivity index (χ0v) is 66.2. The summed E-state index contributed by atoms with van der Waals surface area (Å²) in [6.07, 6.45) is 0. The fraction of sp³-hybridized carbons (Fsp3) is 0.614. The Balaban J connectivity index is 0.00000840. The molecule has 0 unspecified atom stereocenters. The largest absolute Gasteiger partial charge is 1.00 e. The van der Waals surface area contributed by atoms with Crippen LogP contribution in [0.1, 0.15) is 44.4 Å². The number of aryl methyl sites for hydroxylation is 3. The molecule has 0 heterocycles. The van der Waals surface area contributed by atoms with Crippen LogP contribution in [0, 0.1) is 20.8 Å². The molecular weight excluding hydrogens is 1120 g/mol. The van der Waals surface area contributed by atoms with Crippen molar-refractivity contribution in [3.63, 3.8) is 0 Å². The predicted octanol–water partition coefficient (Wildman–Crippen LogP) is 1.93. The third-order valence-electron chi connectivity index (χ3n) is 15.9. The Bertz CT molecular complexity index is 2330. The maximum absolute atomic E-state index is 3.36. The van der Waals surface area contributed by atoms with Gasteiger partial charge in [0.15, 0.2) is 0 Å². The smallest absolute Gasteiger partial charge is 1.00 e. The van der Waals surface area contributed by atoms with Gasteiger partial charge in [-0.25, -0.2) is 0 Å². The molecule has 0 aliphatic heterocycles. The van der Waals surface area contributed by atoms with Crippen LogP contribution in [0.2, 0.25) is 180 Å². The molecule has 1 aliphatic rings. The number of benzene rings is 3. The predicted molar refractivity (Wildman–Crippen MR) is 344 cm³/mol. The normalized spacial score (nSPS) is 15.8. The SMILES string of the molecule is CC1=C(C)[C]([Ti+3])([Si](c2cc(C)c([Si](C)(C)C)c([Si](C)(C)C)c2[Si](C)(C)C)(c2cc(C)c([Si](C)(C)C)c([Si](C)(C)C)c2[Si](C)(C)C)c2cc(C)c([Si](C)(C)C)c([Si](C)(C)C)c2[Si](C)(C)C)C(C)=C1C.[Cl-].[Cl-].[Cl-]. The van der Waals surface area contributed by atoms with Crippen molar-refractivity contribution in [2.45, 2.75) is 229 Å². The molecule has 4 rings (SSSR count). The Morgan fingerprint density at radius 3 is 0.563 bits per heavy atom. The van der Waals surface area contributed by atoms with Gasteiger partial charge < -0.3 is 37.2 Å². The molecule has 0 radical (unpaired) electrons. The molecule has 3 aromatic carbocycles. The van der Waals surface area contributed by atoms with E-state index in [0.29, 0.717) is 0 Å². The summed E-state index contributed by atoms with van der Waals surface area (Å²) in [6, 6.07) is 9.00. The van der Waals surface area contributed by atoms with Gasteiger partial charge in [0.2, 0.25) is 0 Å². The summed E-state index contributed by atoms with van der Waals surface area (Å²) in [4.78, 5) is 0. The maximum atomic E-state index is 3.00. The van der Waals surface area contributed by atoms with Crippen molar-refractivity contribution in [1.82, 2.24) is 0 Å². The minimum absolute atomic E-state index is 0. The Kier molecular flexibility index (Phi) is 21.2. The van der Waals surface area contributed by atoms with Crippen LogP contribution in [-0.2, 0) is 20.4 Å². The second kappa shape index (κ2) is 21.5. The summed E-state index contributed by atoms with van der Waals surface area (Å²) < 4.78 is -0.199. The van der Waals surface area contributed by atoms with Crippen LogP contribution in [0.4, 0.5) is 0 Å². The van der Waals surface area contributed by atoms with E-state index in [0.717, 1.165) is 0 Å². The van der Waals surface area contributed by atoms with Crippen LogP contribution in [0.5, 0.6) is 0 Å². The molecule has 0 nitrogen and oxygen atoms in total. The average molecular weight is 1230 g/mol. The molecule has 71 heavy (non-hydrogen) atoms. The molecule has 1 aliphatic carbocycles. The van der Waals surface area contributed by atoms with E-state index in [-0.39, 0.29) is 40.6 Å². The zero-order valence-electron chi connectivity index (χ0n) is 52.4. The molecular formula is C57H105Cl3Si10Ti. The van der Waals surface area contributed by atoms with Crippen molar-refractivity contribution >= 4 is 143 Å². The molecule has 0 aromatic heterocycles. The number of halogens is 3. The van der Waals surface area contributed by atoms with Gasteiger partial charge in [-0.3, -0.25) is 0 Å². The Labute approximate surface area is 481 Å². The fourth-order valence-corrected chi connectivity index (χ4v) is 59.2. The molecule has 0 saturated heterocycles. The Morgan fingerprint density at radius 1 is 0.268 bits per heavy atom. The van der Waals surface area contributed by atoms with Gasteiger partial charge in [0.25, 0.3) is 0 Å². The summed E-state index contributed by atoms with van der Waals surface area (Å²) in [6.45, 7) is 91.7. The number of rotatable bonds is 13. The minimum atomic E-state index is -3.36. The monoisotopic (exact) mass is 1220 g/mol. The zero-order chi connectivity index (χ0) is 53.6. The second-order valence-corrected chi connectivity index (χ2v) is 82.2. The molecule has 398 valence electrons. The molecule has 0 N–H and O–H groups in total. The van der Waals surface area contributed by atoms with E-state index in [1.165, 1.54) is 0 Å². The van der Waals surface area contributed by atoms with Gasteiger partial charge in [0.1, 0.15) is 0 Å². The molecule has 0 amide bonds. The van der Waals surface area contributed by atoms with E-state index < -0.39 is 80.7 Å². The number of hydrogen-bond donors (Lipinski definition) is 0. The number of allylic oxidation sites excluding steroid dienone is 4. The summed E-state index contributed by atoms with van der Waals surface area (Å²) in [5.74, 6) is 0. The molecule has 14 heteroatoms. The van der Waals surface area contributed by atoms with Crippen molar-refractivity contribution in [2.24, 2.45) is 0 Å². The molecule has 0 atom stereocenters. The van der Waals surface area contributed by atoms with Crippen molar-refractivity contribution in [3.8, 4) is 0 Å². The van der Waals surface area contributed by atoms with E-state index in [1.54, 1.807) is 54.5 Å². The quantitative estimate of drug-likeness (QED) is 0.182. The summed E-state index contributed by atoms with van der Waals surface area (Å²) in [5, 5.41) is 22.3. The van der Waals surface area contributed by atoms with Crippen LogP contribution >= 0.6 is 0 Å². The van der Waals surface area contributed by atoms with Crippen molar-refractivity contribution < 1.29 is 57.7 Å². The topological polar surface area (TPSA) is 0 Å². The maximum Gasteiger partial charge on any atom is -1.00 e. The molecule has 0 bridgehead atoms. The minimum Gasteiger partial charge on any atom is -1.00 e. The van der Waals surface area contributed by atoms with Crippen molar-refractivity contribution in [2.75, 3.05) is 0 Å². The first-order valence-electron chi connectivity index (χ1n) is 26.5. The van der Waals surface area contributed by atoms with E-state index in [2.05, 4.69) is 264 Å². The Morgan fingerprint density at radius 2 is 0.423 bits per heavy atom. The van der Waals surface area contributed by atoms with E-state index in [1.807, 2.05) is 46.7 Å². The van der Waals surface area contributed by atoms with E-state index >= 15 is 0 Å². The van der Waals surface area contributed by atoms with Crippen LogP contribution in [-0.4, -0.2) is 80.7 Å². The third-order valence-corrected chi connectivity index (χ3v) is 45.1. The van der Waals surface area contributed by atoms with Gasteiger partial charge in [-0.15, -0.1) is 0 Å². The first-order chi connectivity index (χ1) is 29.8.